The third kappa shape index (κ3) is 4.94. The number of piperazine rings is 1. The van der Waals surface area contributed by atoms with E-state index in [9.17, 15) is 9.59 Å². The zero-order chi connectivity index (χ0) is 22.2. The second-order valence-electron chi connectivity index (χ2n) is 8.45. The Labute approximate surface area is 212 Å². The van der Waals surface area contributed by atoms with E-state index in [2.05, 4.69) is 21.8 Å². The Balaban J connectivity index is 0.00000193. The zero-order valence-corrected chi connectivity index (χ0v) is 21.6. The normalized spacial score (nSPS) is 20.3. The summed E-state index contributed by atoms with van der Waals surface area (Å²) < 4.78 is 1.62. The molecule has 0 saturated carbocycles. The summed E-state index contributed by atoms with van der Waals surface area (Å²) in [4.78, 5) is 34.8. The van der Waals surface area contributed by atoms with Crippen LogP contribution in [0.25, 0.3) is 0 Å². The lowest BCUT2D eigenvalue weighted by Crippen LogP contribution is -2.63. The van der Waals surface area contributed by atoms with Gasteiger partial charge in [-0.05, 0) is 37.1 Å². The van der Waals surface area contributed by atoms with Crippen LogP contribution in [0.1, 0.15) is 36.7 Å². The van der Waals surface area contributed by atoms with E-state index < -0.39 is 0 Å². The largest absolute Gasteiger partial charge is 0.432 e. The monoisotopic (exact) mass is 517 g/mol. The molecule has 1 aromatic carbocycles. The maximum Gasteiger partial charge on any atom is 0.432 e. The molecular weight excluding hydrogens is 487 g/mol. The number of imide groups is 1. The zero-order valence-electron chi connectivity index (χ0n) is 19.2. The number of aromatic nitrogens is 2. The Bertz CT molecular complexity index is 975. The highest BCUT2D eigenvalue weighted by Crippen LogP contribution is 2.31. The lowest BCUT2D eigenvalue weighted by molar-refractivity contribution is -0.745. The van der Waals surface area contributed by atoms with Crippen molar-refractivity contribution in [3.8, 4) is 0 Å². The van der Waals surface area contributed by atoms with Crippen LogP contribution in [0.3, 0.4) is 0 Å². The van der Waals surface area contributed by atoms with E-state index in [1.54, 1.807) is 20.4 Å². The average Bonchev–Trinajstić information content (AvgIpc) is 3.23. The minimum Gasteiger partial charge on any atom is -0.368 e. The fourth-order valence-corrected chi connectivity index (χ4v) is 4.55. The van der Waals surface area contributed by atoms with Gasteiger partial charge in [0.05, 0.1) is 26.7 Å². The molecule has 0 spiro atoms. The summed E-state index contributed by atoms with van der Waals surface area (Å²) >= 11 is 6.01. The first-order valence-corrected chi connectivity index (χ1v) is 11.3. The van der Waals surface area contributed by atoms with Crippen LogP contribution in [0.5, 0.6) is 0 Å². The van der Waals surface area contributed by atoms with Gasteiger partial charge in [0, 0.05) is 30.8 Å². The number of hydrogen-bond donors (Lipinski definition) is 0. The van der Waals surface area contributed by atoms with Crippen LogP contribution >= 0.6 is 36.4 Å². The second-order valence-corrected chi connectivity index (χ2v) is 8.88. The van der Waals surface area contributed by atoms with Gasteiger partial charge < -0.3 is 9.91 Å². The maximum absolute atomic E-state index is 13.5. The van der Waals surface area contributed by atoms with E-state index in [-0.39, 0.29) is 41.2 Å². The molecule has 33 heavy (non-hydrogen) atoms. The van der Waals surface area contributed by atoms with Crippen molar-refractivity contribution in [2.75, 3.05) is 61.6 Å². The van der Waals surface area contributed by atoms with E-state index in [1.807, 2.05) is 28.9 Å². The summed E-state index contributed by atoms with van der Waals surface area (Å²) in [6, 6.07) is 7.64. The maximum atomic E-state index is 13.5. The molecule has 11 heteroatoms. The number of urea groups is 1. The van der Waals surface area contributed by atoms with Crippen LogP contribution in [0.2, 0.25) is 5.02 Å². The minimum absolute atomic E-state index is 0. The molecule has 1 saturated heterocycles. The van der Waals surface area contributed by atoms with E-state index >= 15 is 0 Å². The number of unbranched alkanes of at least 4 members (excludes halogenated alkanes) is 2. The summed E-state index contributed by atoms with van der Waals surface area (Å²) in [5.74, 6) is 0.271. The van der Waals surface area contributed by atoms with Crippen molar-refractivity contribution in [1.29, 1.82) is 0 Å². The molecule has 1 fully saturated rings. The molecule has 182 valence electrons. The number of anilines is 2. The number of fused-ring (bicyclic) bond motifs is 1. The number of carbonyl (C=O) groups is 2. The third-order valence-corrected chi connectivity index (χ3v) is 6.62. The van der Waals surface area contributed by atoms with Crippen molar-refractivity contribution in [3.05, 3.63) is 41.3 Å². The van der Waals surface area contributed by atoms with Crippen LogP contribution in [0.15, 0.2) is 30.6 Å². The highest BCUT2D eigenvalue weighted by atomic mass is 35.5. The molecule has 0 aliphatic carbocycles. The molecule has 3 heterocycles. The molecule has 0 bridgehead atoms. The van der Waals surface area contributed by atoms with Gasteiger partial charge in [0.2, 0.25) is 5.69 Å². The van der Waals surface area contributed by atoms with Crippen molar-refractivity contribution in [2.24, 2.45) is 0 Å². The number of hydrogen-bond acceptors (Lipinski definition) is 5. The first kappa shape index (κ1) is 27.2. The number of carbonyl (C=O) groups excluding carboxylic acids is 2. The van der Waals surface area contributed by atoms with Gasteiger partial charge in [0.15, 0.2) is 5.82 Å². The van der Waals surface area contributed by atoms with Crippen molar-refractivity contribution in [2.45, 2.75) is 26.2 Å². The number of halogens is 3. The topological polar surface area (TPSA) is 61.7 Å². The Hall–Kier alpha value is -2.00. The van der Waals surface area contributed by atoms with Crippen LogP contribution in [-0.2, 0) is 0 Å². The molecule has 1 aromatic heterocycles. The van der Waals surface area contributed by atoms with Gasteiger partial charge in [-0.1, -0.05) is 24.9 Å². The Morgan fingerprint density at radius 1 is 1.03 bits per heavy atom. The fraction of sp³-hybridized carbons (Fsp3) is 0.500. The highest BCUT2D eigenvalue weighted by molar-refractivity contribution is 6.30. The summed E-state index contributed by atoms with van der Waals surface area (Å²) in [6.45, 7) is 5.75. The molecule has 1 atom stereocenters. The molecule has 0 radical (unpaired) electrons. The van der Waals surface area contributed by atoms with Gasteiger partial charge in [-0.2, -0.15) is 4.48 Å². The van der Waals surface area contributed by atoms with E-state index in [1.165, 1.54) is 4.90 Å². The lowest BCUT2D eigenvalue weighted by atomic mass is 10.2. The SMILES string of the molecule is CCCCC[N@@+]1(C)C(=O)c2c(ncn2N2CCN(c3ccc(Cl)cc3)CC2)N(C)C1=O.Cl.Cl. The predicted octanol–water partition coefficient (Wildman–Crippen LogP) is 4.19. The van der Waals surface area contributed by atoms with Gasteiger partial charge in [0.25, 0.3) is 0 Å². The van der Waals surface area contributed by atoms with Gasteiger partial charge >= 0.3 is 11.9 Å². The van der Waals surface area contributed by atoms with Gasteiger partial charge in [-0.15, -0.1) is 24.8 Å². The van der Waals surface area contributed by atoms with Crippen LogP contribution in [0, 0.1) is 0 Å². The summed E-state index contributed by atoms with van der Waals surface area (Å²) in [5.41, 5.74) is 1.64. The number of nitrogens with zero attached hydrogens (tertiary/aromatic N) is 6. The van der Waals surface area contributed by atoms with Crippen LogP contribution in [-0.4, -0.2) is 72.9 Å². The van der Waals surface area contributed by atoms with E-state index in [0.717, 1.165) is 56.2 Å². The van der Waals surface area contributed by atoms with Crippen molar-refractivity contribution >= 4 is 59.9 Å². The Kier molecular flexibility index (Phi) is 9.04. The number of rotatable bonds is 6. The van der Waals surface area contributed by atoms with E-state index in [4.69, 9.17) is 11.6 Å². The molecular formula is C22H32Cl3N6O2+. The quantitative estimate of drug-likeness (QED) is 0.424. The second kappa shape index (κ2) is 11.0. The molecule has 4 rings (SSSR count). The van der Waals surface area contributed by atoms with Gasteiger partial charge in [0.1, 0.15) is 6.33 Å². The molecule has 0 N–H and O–H groups in total. The predicted molar refractivity (Wildman–Crippen MR) is 137 cm³/mol. The molecule has 0 unspecified atom stereocenters. The fourth-order valence-electron chi connectivity index (χ4n) is 4.42. The summed E-state index contributed by atoms with van der Waals surface area (Å²) in [5, 5.41) is 2.86. The summed E-state index contributed by atoms with van der Waals surface area (Å²) in [7, 11) is 3.44. The van der Waals surface area contributed by atoms with Gasteiger partial charge in [-0.3, -0.25) is 0 Å². The van der Waals surface area contributed by atoms with Crippen molar-refractivity contribution in [3.63, 3.8) is 0 Å². The number of amides is 3. The molecule has 2 aliphatic heterocycles. The molecule has 8 nitrogen and oxygen atoms in total. The number of imidazole rings is 1. The van der Waals surface area contributed by atoms with Gasteiger partial charge in [-0.25, -0.2) is 24.1 Å². The molecule has 2 aromatic rings. The standard InChI is InChI=1S/C22H30ClN6O2.2ClH/c1-4-5-6-15-29(3)21(30)19-20(25(2)22(29)31)24-16-28(19)27-13-11-26(12-14-27)18-9-7-17(23)8-10-18;;/h7-10,16H,4-6,11-15H2,1-3H3;2*1H/q+1;;/t29-;;/m0../s1. The number of benzene rings is 1. The molecule has 2 aliphatic rings. The van der Waals surface area contributed by atoms with Crippen molar-refractivity contribution in [1.82, 2.24) is 9.66 Å². The van der Waals surface area contributed by atoms with Crippen LogP contribution in [0.4, 0.5) is 16.3 Å². The first-order valence-electron chi connectivity index (χ1n) is 10.9. The van der Waals surface area contributed by atoms with E-state index in [0.29, 0.717) is 18.1 Å². The minimum atomic E-state index is -0.236. The highest BCUT2D eigenvalue weighted by Gasteiger charge is 2.52. The Morgan fingerprint density at radius 3 is 2.27 bits per heavy atom. The lowest BCUT2D eigenvalue weighted by Gasteiger charge is -2.40. The average molecular weight is 519 g/mol. The first-order chi connectivity index (χ1) is 14.9. The third-order valence-electron chi connectivity index (χ3n) is 6.37. The van der Waals surface area contributed by atoms with Crippen LogP contribution < -0.4 is 14.8 Å². The number of quaternary nitrogens is 1. The smallest absolute Gasteiger partial charge is 0.368 e. The Morgan fingerprint density at radius 2 is 1.67 bits per heavy atom. The summed E-state index contributed by atoms with van der Waals surface area (Å²) in [6.07, 6.45) is 4.55. The van der Waals surface area contributed by atoms with Crippen molar-refractivity contribution < 1.29 is 14.1 Å². The molecule has 3 amide bonds.